The number of carbonyl (C=O) groups excluding carboxylic acids is 3. The van der Waals surface area contributed by atoms with E-state index >= 15 is 0 Å². The van der Waals surface area contributed by atoms with Gasteiger partial charge in [0.05, 0.1) is 13.5 Å². The summed E-state index contributed by atoms with van der Waals surface area (Å²) in [7, 11) is 1.60. The molecule has 1 heterocycles. The number of methoxy groups -OCH3 is 1. The van der Waals surface area contributed by atoms with Crippen molar-refractivity contribution in [1.29, 1.82) is 0 Å². The van der Waals surface area contributed by atoms with Crippen molar-refractivity contribution >= 4 is 23.6 Å². The lowest BCUT2D eigenvalue weighted by Crippen LogP contribution is -2.51. The molecule has 33 heavy (non-hydrogen) atoms. The molecule has 8 heteroatoms. The molecule has 0 unspecified atom stereocenters. The van der Waals surface area contributed by atoms with Crippen molar-refractivity contribution in [2.24, 2.45) is 0 Å². The third kappa shape index (κ3) is 6.97. The van der Waals surface area contributed by atoms with Crippen LogP contribution < -0.4 is 10.1 Å². The van der Waals surface area contributed by atoms with Crippen LogP contribution in [0.1, 0.15) is 36.7 Å². The fourth-order valence-electron chi connectivity index (χ4n) is 3.53. The molecule has 1 N–H and O–H groups in total. The Labute approximate surface area is 194 Å². The first kappa shape index (κ1) is 24.1. The average Bonchev–Trinajstić information content (AvgIpc) is 2.78. The fourth-order valence-corrected chi connectivity index (χ4v) is 3.53. The summed E-state index contributed by atoms with van der Waals surface area (Å²) in [5, 5.41) is 2.65. The number of rotatable bonds is 5. The third-order valence-electron chi connectivity index (χ3n) is 5.19. The predicted octanol–water partition coefficient (Wildman–Crippen LogP) is 3.57. The molecule has 1 saturated heterocycles. The summed E-state index contributed by atoms with van der Waals surface area (Å²) in [6, 6.07) is 14.2. The Morgan fingerprint density at radius 2 is 1.58 bits per heavy atom. The third-order valence-corrected chi connectivity index (χ3v) is 5.19. The number of carbonyl (C=O) groups is 3. The molecule has 0 aromatic heterocycles. The highest BCUT2D eigenvalue weighted by molar-refractivity contribution is 5.95. The zero-order valence-electron chi connectivity index (χ0n) is 19.6. The number of ether oxygens (including phenoxy) is 2. The van der Waals surface area contributed by atoms with Crippen LogP contribution >= 0.6 is 0 Å². The molecule has 2 aromatic rings. The molecule has 1 fully saturated rings. The number of hydrogen-bond donors (Lipinski definition) is 1. The van der Waals surface area contributed by atoms with Gasteiger partial charge in [0.15, 0.2) is 0 Å². The number of nitrogens with one attached hydrogen (secondary N) is 1. The molecule has 0 spiro atoms. The van der Waals surface area contributed by atoms with Gasteiger partial charge < -0.3 is 19.3 Å². The van der Waals surface area contributed by atoms with Gasteiger partial charge in [0.25, 0.3) is 5.91 Å². The lowest BCUT2D eigenvalue weighted by Gasteiger charge is -2.35. The van der Waals surface area contributed by atoms with Crippen molar-refractivity contribution in [1.82, 2.24) is 9.80 Å². The van der Waals surface area contributed by atoms with Crippen LogP contribution in [0.15, 0.2) is 48.5 Å². The average molecular weight is 454 g/mol. The number of nitrogens with zero attached hydrogens (tertiary/aromatic N) is 2. The van der Waals surface area contributed by atoms with Crippen molar-refractivity contribution in [2.45, 2.75) is 32.8 Å². The molecule has 176 valence electrons. The van der Waals surface area contributed by atoms with Gasteiger partial charge in [0.2, 0.25) is 5.91 Å². The summed E-state index contributed by atoms with van der Waals surface area (Å²) in [6.07, 6.45) is -0.242. The number of anilines is 1. The highest BCUT2D eigenvalue weighted by atomic mass is 16.6. The van der Waals surface area contributed by atoms with Gasteiger partial charge in [-0.05, 0) is 62.7 Å². The predicted molar refractivity (Wildman–Crippen MR) is 125 cm³/mol. The van der Waals surface area contributed by atoms with Gasteiger partial charge in [-0.1, -0.05) is 12.1 Å². The van der Waals surface area contributed by atoms with E-state index in [4.69, 9.17) is 9.47 Å². The monoisotopic (exact) mass is 453 g/mol. The van der Waals surface area contributed by atoms with Crippen LogP contribution in [0.4, 0.5) is 10.5 Å². The van der Waals surface area contributed by atoms with E-state index in [1.807, 2.05) is 24.3 Å². The molecule has 0 atom stereocenters. The lowest BCUT2D eigenvalue weighted by molar-refractivity contribution is -0.131. The Bertz CT molecular complexity index is 990. The molecular weight excluding hydrogens is 422 g/mol. The standard InChI is InChI=1S/C25H31N3O5/c1-25(2,3)33-24(31)26-20-10-8-19(9-11-20)23(30)28-14-12-27(13-15-28)22(29)17-18-6-5-7-21(16-18)32-4/h5-11,16H,12-15,17H2,1-4H3,(H,26,31). The molecular formula is C25H31N3O5. The molecule has 1 aliphatic heterocycles. The molecule has 0 saturated carbocycles. The van der Waals surface area contributed by atoms with Crippen molar-refractivity contribution in [2.75, 3.05) is 38.6 Å². The van der Waals surface area contributed by atoms with Crippen molar-refractivity contribution < 1.29 is 23.9 Å². The Hall–Kier alpha value is -3.55. The van der Waals surface area contributed by atoms with Crippen LogP contribution in [0.5, 0.6) is 5.75 Å². The second-order valence-electron chi connectivity index (χ2n) is 8.91. The second-order valence-corrected chi connectivity index (χ2v) is 8.91. The van der Waals surface area contributed by atoms with Crippen LogP contribution in [0.3, 0.4) is 0 Å². The quantitative estimate of drug-likeness (QED) is 0.748. The number of piperazine rings is 1. The topological polar surface area (TPSA) is 88.2 Å². The normalized spacial score (nSPS) is 13.9. The van der Waals surface area contributed by atoms with Gasteiger partial charge in [-0.2, -0.15) is 0 Å². The first-order valence-corrected chi connectivity index (χ1v) is 10.9. The molecule has 0 bridgehead atoms. The smallest absolute Gasteiger partial charge is 0.412 e. The van der Waals surface area contributed by atoms with Crippen LogP contribution in [0.2, 0.25) is 0 Å². The summed E-state index contributed by atoms with van der Waals surface area (Å²) in [5.41, 5.74) is 1.39. The zero-order valence-corrected chi connectivity index (χ0v) is 19.6. The van der Waals surface area contributed by atoms with Crippen LogP contribution in [-0.4, -0.2) is 66.6 Å². The minimum Gasteiger partial charge on any atom is -0.497 e. The van der Waals surface area contributed by atoms with Crippen LogP contribution in [0, 0.1) is 0 Å². The van der Waals surface area contributed by atoms with Gasteiger partial charge in [0, 0.05) is 37.4 Å². The molecule has 0 aliphatic carbocycles. The van der Waals surface area contributed by atoms with E-state index in [-0.39, 0.29) is 11.8 Å². The summed E-state index contributed by atoms with van der Waals surface area (Å²) < 4.78 is 10.4. The van der Waals surface area contributed by atoms with Crippen molar-refractivity contribution in [3.8, 4) is 5.75 Å². The first-order chi connectivity index (χ1) is 15.6. The van der Waals surface area contributed by atoms with Crippen molar-refractivity contribution in [3.63, 3.8) is 0 Å². The summed E-state index contributed by atoms with van der Waals surface area (Å²) >= 11 is 0. The number of benzene rings is 2. The number of amides is 3. The van der Waals surface area contributed by atoms with E-state index in [9.17, 15) is 14.4 Å². The molecule has 3 rings (SSSR count). The minimum absolute atomic E-state index is 0.0351. The molecule has 0 radical (unpaired) electrons. The number of hydrogen-bond acceptors (Lipinski definition) is 5. The highest BCUT2D eigenvalue weighted by Gasteiger charge is 2.25. The maximum Gasteiger partial charge on any atom is 0.412 e. The molecule has 8 nitrogen and oxygen atoms in total. The second kappa shape index (κ2) is 10.4. The zero-order chi connectivity index (χ0) is 24.0. The molecule has 2 aromatic carbocycles. The SMILES string of the molecule is COc1cccc(CC(=O)N2CCN(C(=O)c3ccc(NC(=O)OC(C)(C)C)cc3)CC2)c1. The molecule has 1 aliphatic rings. The maximum atomic E-state index is 12.9. The Balaban J connectivity index is 1.50. The summed E-state index contributed by atoms with van der Waals surface area (Å²) in [4.78, 5) is 40.9. The summed E-state index contributed by atoms with van der Waals surface area (Å²) in [6.45, 7) is 7.31. The van der Waals surface area contributed by atoms with E-state index in [2.05, 4.69) is 5.32 Å². The van der Waals surface area contributed by atoms with Crippen LogP contribution in [-0.2, 0) is 16.0 Å². The highest BCUT2D eigenvalue weighted by Crippen LogP contribution is 2.17. The van der Waals surface area contributed by atoms with Gasteiger partial charge >= 0.3 is 6.09 Å². The van der Waals surface area contributed by atoms with Gasteiger partial charge in [0.1, 0.15) is 11.4 Å². The largest absolute Gasteiger partial charge is 0.497 e. The van der Waals surface area contributed by atoms with E-state index < -0.39 is 11.7 Å². The Kier molecular flexibility index (Phi) is 7.58. The Morgan fingerprint density at radius 1 is 0.939 bits per heavy atom. The Morgan fingerprint density at radius 3 is 2.18 bits per heavy atom. The molecule has 3 amide bonds. The van der Waals surface area contributed by atoms with Crippen LogP contribution in [0.25, 0.3) is 0 Å². The maximum absolute atomic E-state index is 12.9. The van der Waals surface area contributed by atoms with E-state index in [1.54, 1.807) is 61.9 Å². The van der Waals surface area contributed by atoms with Crippen molar-refractivity contribution in [3.05, 3.63) is 59.7 Å². The first-order valence-electron chi connectivity index (χ1n) is 10.9. The van der Waals surface area contributed by atoms with E-state index in [1.165, 1.54) is 0 Å². The summed E-state index contributed by atoms with van der Waals surface area (Å²) in [5.74, 6) is 0.662. The fraction of sp³-hybridized carbons (Fsp3) is 0.400. The van der Waals surface area contributed by atoms with Gasteiger partial charge in [-0.3, -0.25) is 14.9 Å². The minimum atomic E-state index is -0.586. The van der Waals surface area contributed by atoms with E-state index in [0.717, 1.165) is 11.3 Å². The van der Waals surface area contributed by atoms with Gasteiger partial charge in [-0.15, -0.1) is 0 Å². The van der Waals surface area contributed by atoms with E-state index in [0.29, 0.717) is 43.9 Å². The lowest BCUT2D eigenvalue weighted by atomic mass is 10.1. The van der Waals surface area contributed by atoms with Gasteiger partial charge in [-0.25, -0.2) is 4.79 Å².